The molecule has 0 radical (unpaired) electrons. The SMILES string of the molecule is CCOc1ccc(CCNC(=O)c2cc(=O)[nH]c3ccccc23)cc1OCC. The molecule has 0 saturated heterocycles. The lowest BCUT2D eigenvalue weighted by Crippen LogP contribution is -2.27. The number of nitrogens with one attached hydrogen (secondary N) is 2. The number of aromatic nitrogens is 1. The van der Waals surface area contributed by atoms with Crippen LogP contribution in [0.3, 0.4) is 0 Å². The van der Waals surface area contributed by atoms with Crippen molar-refractivity contribution in [2.24, 2.45) is 0 Å². The van der Waals surface area contributed by atoms with Gasteiger partial charge < -0.3 is 19.8 Å². The Kier molecular flexibility index (Phi) is 6.32. The van der Waals surface area contributed by atoms with Gasteiger partial charge in [0.2, 0.25) is 5.56 Å². The summed E-state index contributed by atoms with van der Waals surface area (Å²) < 4.78 is 11.2. The molecule has 0 spiro atoms. The number of hydrogen-bond donors (Lipinski definition) is 2. The summed E-state index contributed by atoms with van der Waals surface area (Å²) in [5, 5.41) is 3.62. The van der Waals surface area contributed by atoms with Gasteiger partial charge in [-0.15, -0.1) is 0 Å². The van der Waals surface area contributed by atoms with Gasteiger partial charge >= 0.3 is 0 Å². The number of ether oxygens (including phenoxy) is 2. The molecule has 0 bridgehead atoms. The predicted octanol–water partition coefficient (Wildman–Crippen LogP) is 3.30. The average Bonchev–Trinajstić information content (AvgIpc) is 2.69. The Morgan fingerprint density at radius 1 is 1.00 bits per heavy atom. The van der Waals surface area contributed by atoms with Crippen LogP contribution in [0.5, 0.6) is 11.5 Å². The zero-order valence-corrected chi connectivity index (χ0v) is 16.1. The van der Waals surface area contributed by atoms with Crippen LogP contribution in [0.2, 0.25) is 0 Å². The monoisotopic (exact) mass is 380 g/mol. The minimum atomic E-state index is -0.295. The highest BCUT2D eigenvalue weighted by Gasteiger charge is 2.12. The maximum absolute atomic E-state index is 12.6. The van der Waals surface area contributed by atoms with Gasteiger partial charge in [-0.1, -0.05) is 24.3 Å². The molecule has 0 atom stereocenters. The van der Waals surface area contributed by atoms with E-state index >= 15 is 0 Å². The van der Waals surface area contributed by atoms with E-state index in [0.29, 0.717) is 48.8 Å². The Labute approximate surface area is 163 Å². The summed E-state index contributed by atoms with van der Waals surface area (Å²) in [6.45, 7) is 5.42. The lowest BCUT2D eigenvalue weighted by molar-refractivity contribution is 0.0955. The van der Waals surface area contributed by atoms with Gasteiger partial charge in [-0.2, -0.15) is 0 Å². The summed E-state index contributed by atoms with van der Waals surface area (Å²) in [7, 11) is 0. The largest absolute Gasteiger partial charge is 0.490 e. The molecular formula is C22H24N2O4. The van der Waals surface area contributed by atoms with Crippen molar-refractivity contribution in [1.82, 2.24) is 10.3 Å². The number of hydrogen-bond acceptors (Lipinski definition) is 4. The van der Waals surface area contributed by atoms with Crippen LogP contribution in [0.4, 0.5) is 0 Å². The molecule has 2 N–H and O–H groups in total. The second-order valence-corrected chi connectivity index (χ2v) is 6.25. The molecule has 0 unspecified atom stereocenters. The molecule has 0 aliphatic rings. The number of fused-ring (bicyclic) bond motifs is 1. The molecule has 0 saturated carbocycles. The lowest BCUT2D eigenvalue weighted by Gasteiger charge is -2.13. The fourth-order valence-electron chi connectivity index (χ4n) is 3.06. The van der Waals surface area contributed by atoms with Crippen LogP contribution in [-0.4, -0.2) is 30.6 Å². The van der Waals surface area contributed by atoms with Crippen molar-refractivity contribution < 1.29 is 14.3 Å². The Hall–Kier alpha value is -3.28. The summed E-state index contributed by atoms with van der Waals surface area (Å²) in [6, 6.07) is 14.4. The van der Waals surface area contributed by atoms with Crippen LogP contribution in [0, 0.1) is 0 Å². The van der Waals surface area contributed by atoms with Crippen molar-refractivity contribution in [1.29, 1.82) is 0 Å². The first kappa shape index (κ1) is 19.5. The number of pyridine rings is 1. The van der Waals surface area contributed by atoms with Crippen LogP contribution in [0.25, 0.3) is 10.9 Å². The molecule has 1 heterocycles. The van der Waals surface area contributed by atoms with Crippen LogP contribution in [-0.2, 0) is 6.42 Å². The number of carbonyl (C=O) groups excluding carboxylic acids is 1. The number of amides is 1. The normalized spacial score (nSPS) is 10.6. The highest BCUT2D eigenvalue weighted by molar-refractivity contribution is 6.05. The first-order chi connectivity index (χ1) is 13.6. The van der Waals surface area contributed by atoms with Crippen LogP contribution in [0.15, 0.2) is 53.3 Å². The first-order valence-corrected chi connectivity index (χ1v) is 9.41. The van der Waals surface area contributed by atoms with E-state index in [9.17, 15) is 9.59 Å². The molecule has 146 valence electrons. The van der Waals surface area contributed by atoms with Gasteiger partial charge in [0.1, 0.15) is 0 Å². The minimum Gasteiger partial charge on any atom is -0.490 e. The molecule has 1 amide bonds. The number of H-pyrrole nitrogens is 1. The van der Waals surface area contributed by atoms with Gasteiger partial charge in [-0.05, 0) is 44.0 Å². The van der Waals surface area contributed by atoms with Crippen molar-refractivity contribution in [3.05, 3.63) is 70.0 Å². The van der Waals surface area contributed by atoms with Gasteiger partial charge in [0, 0.05) is 23.5 Å². The van der Waals surface area contributed by atoms with Crippen molar-refractivity contribution in [3.8, 4) is 11.5 Å². The van der Waals surface area contributed by atoms with Crippen LogP contribution >= 0.6 is 0 Å². The maximum atomic E-state index is 12.6. The third-order valence-electron chi connectivity index (χ3n) is 4.30. The van der Waals surface area contributed by atoms with E-state index in [2.05, 4.69) is 10.3 Å². The first-order valence-electron chi connectivity index (χ1n) is 9.41. The van der Waals surface area contributed by atoms with Gasteiger partial charge in [0.15, 0.2) is 11.5 Å². The Morgan fingerprint density at radius 2 is 1.75 bits per heavy atom. The standard InChI is InChI=1S/C22H24N2O4/c1-3-27-19-10-9-15(13-20(19)28-4-2)11-12-23-22(26)17-14-21(25)24-18-8-6-5-7-16(17)18/h5-10,13-14H,3-4,11-12H2,1-2H3,(H,23,26)(H,24,25). The summed E-state index contributed by atoms with van der Waals surface area (Å²) in [5.74, 6) is 1.15. The Morgan fingerprint density at radius 3 is 2.54 bits per heavy atom. The maximum Gasteiger partial charge on any atom is 0.252 e. The highest BCUT2D eigenvalue weighted by atomic mass is 16.5. The summed E-state index contributed by atoms with van der Waals surface area (Å²) >= 11 is 0. The molecule has 0 aliphatic carbocycles. The van der Waals surface area contributed by atoms with Gasteiger partial charge in [-0.25, -0.2) is 0 Å². The topological polar surface area (TPSA) is 80.4 Å². The third-order valence-corrected chi connectivity index (χ3v) is 4.30. The lowest BCUT2D eigenvalue weighted by atomic mass is 10.1. The summed E-state index contributed by atoms with van der Waals surface area (Å²) in [6.07, 6.45) is 0.638. The van der Waals surface area contributed by atoms with Gasteiger partial charge in [0.25, 0.3) is 5.91 Å². The zero-order chi connectivity index (χ0) is 19.9. The fraction of sp³-hybridized carbons (Fsp3) is 0.273. The smallest absolute Gasteiger partial charge is 0.252 e. The second kappa shape index (κ2) is 9.08. The zero-order valence-electron chi connectivity index (χ0n) is 16.1. The molecule has 3 aromatic rings. The van der Waals surface area contributed by atoms with E-state index in [4.69, 9.17) is 9.47 Å². The summed E-state index contributed by atoms with van der Waals surface area (Å²) in [5.41, 5.74) is 1.76. The van der Waals surface area contributed by atoms with Gasteiger partial charge in [0.05, 0.1) is 18.8 Å². The third kappa shape index (κ3) is 4.52. The molecule has 6 nitrogen and oxygen atoms in total. The van der Waals surface area contributed by atoms with E-state index in [1.165, 1.54) is 6.07 Å². The molecule has 2 aromatic carbocycles. The average molecular weight is 380 g/mol. The highest BCUT2D eigenvalue weighted by Crippen LogP contribution is 2.28. The van der Waals surface area contributed by atoms with Crippen molar-refractivity contribution in [2.75, 3.05) is 19.8 Å². The molecular weight excluding hydrogens is 356 g/mol. The van der Waals surface area contributed by atoms with Crippen LogP contribution in [0.1, 0.15) is 29.8 Å². The molecule has 0 aliphatic heterocycles. The fourth-order valence-corrected chi connectivity index (χ4v) is 3.06. The molecule has 1 aromatic heterocycles. The Balaban J connectivity index is 1.69. The Bertz CT molecular complexity index is 1030. The number of para-hydroxylation sites is 1. The molecule has 28 heavy (non-hydrogen) atoms. The minimum absolute atomic E-state index is 0.265. The summed E-state index contributed by atoms with van der Waals surface area (Å²) in [4.78, 5) is 27.2. The second-order valence-electron chi connectivity index (χ2n) is 6.25. The molecule has 6 heteroatoms. The van der Waals surface area contributed by atoms with Crippen molar-refractivity contribution in [3.63, 3.8) is 0 Å². The quantitative estimate of drug-likeness (QED) is 0.628. The molecule has 0 fully saturated rings. The predicted molar refractivity (Wildman–Crippen MR) is 109 cm³/mol. The van der Waals surface area contributed by atoms with E-state index in [0.717, 1.165) is 10.9 Å². The van der Waals surface area contributed by atoms with E-state index in [-0.39, 0.29) is 11.5 Å². The number of rotatable bonds is 8. The van der Waals surface area contributed by atoms with E-state index in [1.54, 1.807) is 6.07 Å². The van der Waals surface area contributed by atoms with E-state index in [1.807, 2.05) is 50.2 Å². The number of aromatic amines is 1. The molecule has 3 rings (SSSR count). The number of benzene rings is 2. The van der Waals surface area contributed by atoms with E-state index < -0.39 is 0 Å². The van der Waals surface area contributed by atoms with Crippen molar-refractivity contribution in [2.45, 2.75) is 20.3 Å². The van der Waals surface area contributed by atoms with Gasteiger partial charge in [-0.3, -0.25) is 9.59 Å². The van der Waals surface area contributed by atoms with Crippen molar-refractivity contribution >= 4 is 16.8 Å². The van der Waals surface area contributed by atoms with Crippen LogP contribution < -0.4 is 20.3 Å². The number of carbonyl (C=O) groups is 1.